The summed E-state index contributed by atoms with van der Waals surface area (Å²) >= 11 is 0. The zero-order chi connectivity index (χ0) is 30.7. The Bertz CT molecular complexity index is 1210. The molecule has 0 saturated carbocycles. The van der Waals surface area contributed by atoms with Crippen molar-refractivity contribution in [1.29, 1.82) is 0 Å². The molecule has 1 aromatic heterocycles. The normalized spacial score (nSPS) is 12.9. The van der Waals surface area contributed by atoms with E-state index in [-0.39, 0.29) is 17.5 Å². The molecule has 0 radical (unpaired) electrons. The Hall–Kier alpha value is -3.83. The predicted molar refractivity (Wildman–Crippen MR) is 154 cm³/mol. The van der Waals surface area contributed by atoms with Gasteiger partial charge >= 0.3 is 12.3 Å². The quantitative estimate of drug-likeness (QED) is 0.141. The summed E-state index contributed by atoms with van der Waals surface area (Å²) in [6.07, 6.45) is 3.55. The molecule has 5 N–H and O–H groups in total. The van der Waals surface area contributed by atoms with E-state index in [2.05, 4.69) is 20.3 Å². The van der Waals surface area contributed by atoms with E-state index >= 15 is 0 Å². The van der Waals surface area contributed by atoms with Crippen molar-refractivity contribution in [3.8, 4) is 11.3 Å². The molecule has 1 amide bonds. The summed E-state index contributed by atoms with van der Waals surface area (Å²) in [4.78, 5) is 24.8. The minimum Gasteiger partial charge on any atom is -0.478 e. The van der Waals surface area contributed by atoms with Gasteiger partial charge in [-0.3, -0.25) is 0 Å². The average Bonchev–Trinajstić information content (AvgIpc) is 2.86. The smallest absolute Gasteiger partial charge is 0.407 e. The largest absolute Gasteiger partial charge is 0.478 e. The van der Waals surface area contributed by atoms with Gasteiger partial charge in [0, 0.05) is 24.4 Å². The molecule has 0 aliphatic rings. The van der Waals surface area contributed by atoms with Gasteiger partial charge in [-0.15, -0.1) is 0 Å². The van der Waals surface area contributed by atoms with Crippen molar-refractivity contribution >= 4 is 23.9 Å². The number of amides is 1. The van der Waals surface area contributed by atoms with E-state index in [1.807, 2.05) is 45.0 Å². The van der Waals surface area contributed by atoms with E-state index in [1.54, 1.807) is 0 Å². The van der Waals surface area contributed by atoms with E-state index in [0.717, 1.165) is 57.1 Å². The fourth-order valence-corrected chi connectivity index (χ4v) is 3.51. The number of hydrogen-bond donors (Lipinski definition) is 3. The number of alkyl halides is 3. The van der Waals surface area contributed by atoms with Crippen molar-refractivity contribution in [2.45, 2.75) is 78.5 Å². The maximum absolute atomic E-state index is 13.0. The Morgan fingerprint density at radius 1 is 1.07 bits per heavy atom. The summed E-state index contributed by atoms with van der Waals surface area (Å²) in [5.41, 5.74) is 11.4. The molecule has 0 bridgehead atoms. The van der Waals surface area contributed by atoms with Gasteiger partial charge in [0.25, 0.3) is 0 Å². The number of benzene rings is 1. The van der Waals surface area contributed by atoms with Crippen LogP contribution in [0.3, 0.4) is 0 Å². The summed E-state index contributed by atoms with van der Waals surface area (Å²) in [6, 6.07) is 7.74. The molecule has 41 heavy (non-hydrogen) atoms. The summed E-state index contributed by atoms with van der Waals surface area (Å²) in [6.45, 7) is 7.46. The topological polar surface area (TPSA) is 138 Å². The third-order valence-corrected chi connectivity index (χ3v) is 5.89. The molecule has 0 unspecified atom stereocenters. The molecular formula is C29H41F3N6O3. The van der Waals surface area contributed by atoms with Gasteiger partial charge in [0.15, 0.2) is 11.7 Å². The van der Waals surface area contributed by atoms with Gasteiger partial charge in [0.2, 0.25) is 0 Å². The number of nitrogens with two attached hydrogens (primary N) is 2. The highest BCUT2D eigenvalue weighted by Gasteiger charge is 2.48. The number of hydrogen-bond acceptors (Lipinski definition) is 8. The maximum Gasteiger partial charge on any atom is 0.407 e. The first-order valence-electron chi connectivity index (χ1n) is 13.5. The van der Waals surface area contributed by atoms with Crippen molar-refractivity contribution in [1.82, 2.24) is 15.3 Å². The number of aryl methyl sites for hydroxylation is 1. The number of anilines is 1. The number of nitrogen functional groups attached to an aromatic ring is 1. The number of carbonyl (C=O) groups excluding carboxylic acids is 1. The Balaban J connectivity index is 2.00. The van der Waals surface area contributed by atoms with E-state index in [9.17, 15) is 18.0 Å². The van der Waals surface area contributed by atoms with Crippen LogP contribution >= 0.6 is 0 Å². The first-order valence-corrected chi connectivity index (χ1v) is 13.5. The van der Waals surface area contributed by atoms with Gasteiger partial charge in [0.05, 0.1) is 11.6 Å². The second-order valence-corrected chi connectivity index (χ2v) is 11.2. The van der Waals surface area contributed by atoms with Crippen molar-refractivity contribution < 1.29 is 27.4 Å². The Morgan fingerprint density at radius 3 is 2.44 bits per heavy atom. The highest BCUT2D eigenvalue weighted by Crippen LogP contribution is 2.37. The van der Waals surface area contributed by atoms with Crippen LogP contribution in [-0.2, 0) is 15.9 Å². The summed E-state index contributed by atoms with van der Waals surface area (Å²) in [5, 5.41) is 2.77. The second kappa shape index (κ2) is 14.7. The standard InChI is InChI=1S/C29H41F3N6O3/c1-27(2,3)41-26(39)36-16-11-7-6-8-12-20-13-9-10-14-21(20)24-25(37-18-22(33)38-24)35-17-15-23(34)40-19-28(4,5)29(30,31)32/h9-10,13-15,17-18H,6-8,11-12,16,19,34H2,1-5H3,(H2,33,38)(H,36,39)/b23-15+,35-17?. The van der Waals surface area contributed by atoms with Crippen LogP contribution < -0.4 is 16.8 Å². The number of allylic oxidation sites excluding steroid dienone is 1. The molecule has 0 fully saturated rings. The maximum atomic E-state index is 13.0. The fraction of sp³-hybridized carbons (Fsp3) is 0.517. The summed E-state index contributed by atoms with van der Waals surface area (Å²) in [7, 11) is 0. The van der Waals surface area contributed by atoms with Gasteiger partial charge in [-0.05, 0) is 59.4 Å². The van der Waals surface area contributed by atoms with Crippen LogP contribution in [0.25, 0.3) is 11.3 Å². The molecular weight excluding hydrogens is 537 g/mol. The molecule has 0 aliphatic carbocycles. The average molecular weight is 579 g/mol. The molecule has 0 saturated heterocycles. The first-order chi connectivity index (χ1) is 19.1. The molecule has 0 atom stereocenters. The van der Waals surface area contributed by atoms with Crippen molar-refractivity contribution in [2.75, 3.05) is 18.9 Å². The van der Waals surface area contributed by atoms with Crippen LogP contribution in [0, 0.1) is 5.41 Å². The minimum atomic E-state index is -4.43. The number of nitrogens with one attached hydrogen (secondary N) is 1. The van der Waals surface area contributed by atoms with Crippen LogP contribution in [-0.4, -0.2) is 47.2 Å². The molecule has 2 aromatic rings. The monoisotopic (exact) mass is 578 g/mol. The lowest BCUT2D eigenvalue weighted by molar-refractivity contribution is -0.223. The number of carbonyl (C=O) groups is 1. The zero-order valence-corrected chi connectivity index (χ0v) is 24.3. The van der Waals surface area contributed by atoms with E-state index in [1.165, 1.54) is 18.5 Å². The number of rotatable bonds is 13. The van der Waals surface area contributed by atoms with Crippen LogP contribution in [0.1, 0.15) is 65.9 Å². The SMILES string of the molecule is CC(C)(C)OC(=O)NCCCCCCc1ccccc1-c1nc(N)cnc1N=C/C=C(\N)OCC(C)(C)C(F)(F)F. The Morgan fingerprint density at radius 2 is 1.76 bits per heavy atom. The molecule has 9 nitrogen and oxygen atoms in total. The molecule has 2 rings (SSSR count). The molecule has 0 aliphatic heterocycles. The predicted octanol–water partition coefficient (Wildman–Crippen LogP) is 6.46. The van der Waals surface area contributed by atoms with Crippen LogP contribution in [0.5, 0.6) is 0 Å². The molecule has 0 spiro atoms. The van der Waals surface area contributed by atoms with Crippen molar-refractivity contribution in [3.05, 3.63) is 48.0 Å². The molecule has 1 aromatic carbocycles. The van der Waals surface area contributed by atoms with Crippen LogP contribution in [0.15, 0.2) is 47.4 Å². The molecule has 1 heterocycles. The third kappa shape index (κ3) is 11.7. The fourth-order valence-electron chi connectivity index (χ4n) is 3.51. The van der Waals surface area contributed by atoms with Gasteiger partial charge in [-0.1, -0.05) is 37.1 Å². The lowest BCUT2D eigenvalue weighted by atomic mass is 9.94. The highest BCUT2D eigenvalue weighted by molar-refractivity contribution is 5.80. The second-order valence-electron chi connectivity index (χ2n) is 11.2. The van der Waals surface area contributed by atoms with Crippen molar-refractivity contribution in [3.63, 3.8) is 0 Å². The van der Waals surface area contributed by atoms with Crippen LogP contribution in [0.2, 0.25) is 0 Å². The van der Waals surface area contributed by atoms with Crippen molar-refractivity contribution in [2.24, 2.45) is 16.1 Å². The van der Waals surface area contributed by atoms with E-state index in [0.29, 0.717) is 12.2 Å². The number of aliphatic imine (C=N–C) groups is 1. The van der Waals surface area contributed by atoms with E-state index in [4.69, 9.17) is 20.9 Å². The lowest BCUT2D eigenvalue weighted by Gasteiger charge is -2.27. The summed E-state index contributed by atoms with van der Waals surface area (Å²) in [5.74, 6) is 0.288. The molecule has 226 valence electrons. The third-order valence-electron chi connectivity index (χ3n) is 5.89. The lowest BCUT2D eigenvalue weighted by Crippen LogP contribution is -2.36. The van der Waals surface area contributed by atoms with E-state index < -0.39 is 29.9 Å². The summed E-state index contributed by atoms with van der Waals surface area (Å²) < 4.78 is 49.4. The van der Waals surface area contributed by atoms with Gasteiger partial charge < -0.3 is 26.3 Å². The zero-order valence-electron chi connectivity index (χ0n) is 24.3. The number of nitrogens with zero attached hydrogens (tertiary/aromatic N) is 3. The Labute approximate surface area is 239 Å². The molecule has 12 heteroatoms. The van der Waals surface area contributed by atoms with Gasteiger partial charge in [0.1, 0.15) is 23.7 Å². The number of unbranched alkanes of at least 4 members (excludes halogenated alkanes) is 3. The highest BCUT2D eigenvalue weighted by atomic mass is 19.4. The Kier molecular flexibility index (Phi) is 12.0. The van der Waals surface area contributed by atoms with Crippen LogP contribution in [0.4, 0.5) is 29.6 Å². The van der Waals surface area contributed by atoms with Gasteiger partial charge in [-0.25, -0.2) is 19.8 Å². The number of aromatic nitrogens is 2. The number of halogens is 3. The number of alkyl carbamates (subject to hydrolysis) is 1. The first kappa shape index (κ1) is 33.4. The minimum absolute atomic E-state index is 0.210. The number of ether oxygens (including phenoxy) is 2. The van der Waals surface area contributed by atoms with Gasteiger partial charge in [-0.2, -0.15) is 13.2 Å².